The van der Waals surface area contributed by atoms with Crippen LogP contribution in [0.1, 0.15) is 26.7 Å². The number of nitrogens with one attached hydrogen (secondary N) is 1. The van der Waals surface area contributed by atoms with Gasteiger partial charge in [-0.2, -0.15) is 15.0 Å². The Bertz CT molecular complexity index is 352. The first kappa shape index (κ1) is 15.0. The third kappa shape index (κ3) is 5.50. The fraction of sp³-hybridized carbons (Fsp3) is 0.727. The maximum absolute atomic E-state index is 8.75. The molecule has 7 heteroatoms. The fourth-order valence-corrected chi connectivity index (χ4v) is 1.88. The van der Waals surface area contributed by atoms with Crippen molar-refractivity contribution in [2.24, 2.45) is 0 Å². The van der Waals surface area contributed by atoms with E-state index in [1.807, 2.05) is 13.8 Å². The molecule has 0 amide bonds. The number of rotatable bonds is 9. The lowest BCUT2D eigenvalue weighted by Gasteiger charge is -2.07. The SMILES string of the molecule is CCCOc1nc(NCC)nc(SCCCO)n1. The van der Waals surface area contributed by atoms with E-state index >= 15 is 0 Å². The van der Waals surface area contributed by atoms with Crippen LogP contribution in [0.5, 0.6) is 6.01 Å². The summed E-state index contributed by atoms with van der Waals surface area (Å²) in [4.78, 5) is 12.7. The van der Waals surface area contributed by atoms with Gasteiger partial charge in [0, 0.05) is 18.9 Å². The molecule has 0 fully saturated rings. The molecule has 6 nitrogen and oxygen atoms in total. The van der Waals surface area contributed by atoms with E-state index < -0.39 is 0 Å². The quantitative estimate of drug-likeness (QED) is 0.521. The number of hydrogen-bond acceptors (Lipinski definition) is 7. The van der Waals surface area contributed by atoms with Crippen LogP contribution in [-0.4, -0.2) is 45.6 Å². The minimum Gasteiger partial charge on any atom is -0.463 e. The minimum absolute atomic E-state index is 0.178. The molecule has 102 valence electrons. The van der Waals surface area contributed by atoms with Crippen LogP contribution in [0, 0.1) is 0 Å². The van der Waals surface area contributed by atoms with Crippen molar-refractivity contribution in [3.8, 4) is 6.01 Å². The highest BCUT2D eigenvalue weighted by atomic mass is 32.2. The molecule has 18 heavy (non-hydrogen) atoms. The molecule has 1 heterocycles. The summed E-state index contributed by atoms with van der Waals surface area (Å²) in [6.45, 7) is 5.53. The molecule has 0 aromatic carbocycles. The molecule has 0 atom stereocenters. The van der Waals surface area contributed by atoms with E-state index in [4.69, 9.17) is 9.84 Å². The van der Waals surface area contributed by atoms with E-state index in [9.17, 15) is 0 Å². The second-order valence-corrected chi connectivity index (χ2v) is 4.59. The van der Waals surface area contributed by atoms with Crippen LogP contribution >= 0.6 is 11.8 Å². The van der Waals surface area contributed by atoms with Gasteiger partial charge in [-0.25, -0.2) is 0 Å². The van der Waals surface area contributed by atoms with E-state index in [1.54, 1.807) is 0 Å². The van der Waals surface area contributed by atoms with Crippen LogP contribution < -0.4 is 10.1 Å². The largest absolute Gasteiger partial charge is 0.463 e. The third-order valence-corrected chi connectivity index (χ3v) is 2.83. The van der Waals surface area contributed by atoms with Crippen LogP contribution in [-0.2, 0) is 0 Å². The molecule has 0 radical (unpaired) electrons. The first-order valence-electron chi connectivity index (χ1n) is 6.16. The van der Waals surface area contributed by atoms with Crippen molar-refractivity contribution < 1.29 is 9.84 Å². The molecule has 0 saturated carbocycles. The number of thioether (sulfide) groups is 1. The number of aliphatic hydroxyl groups is 1. The Kier molecular flexibility index (Phi) is 7.43. The first-order chi connectivity index (χ1) is 8.80. The molecular weight excluding hydrogens is 252 g/mol. The van der Waals surface area contributed by atoms with Crippen molar-refractivity contribution in [2.45, 2.75) is 31.8 Å². The van der Waals surface area contributed by atoms with Crippen molar-refractivity contribution in [1.82, 2.24) is 15.0 Å². The molecule has 0 bridgehead atoms. The van der Waals surface area contributed by atoms with E-state index in [0.29, 0.717) is 23.7 Å². The van der Waals surface area contributed by atoms with Crippen LogP contribution in [0.15, 0.2) is 5.16 Å². The molecule has 0 spiro atoms. The first-order valence-corrected chi connectivity index (χ1v) is 7.15. The van der Waals surface area contributed by atoms with E-state index in [-0.39, 0.29) is 6.61 Å². The zero-order valence-corrected chi connectivity index (χ0v) is 11.7. The van der Waals surface area contributed by atoms with Gasteiger partial charge in [0.05, 0.1) is 6.61 Å². The molecule has 1 rings (SSSR count). The van der Waals surface area contributed by atoms with Crippen LogP contribution in [0.4, 0.5) is 5.95 Å². The highest BCUT2D eigenvalue weighted by Crippen LogP contribution is 2.18. The zero-order chi connectivity index (χ0) is 13.2. The minimum atomic E-state index is 0.178. The number of ether oxygens (including phenoxy) is 1. The Morgan fingerprint density at radius 3 is 2.78 bits per heavy atom. The van der Waals surface area contributed by atoms with Gasteiger partial charge < -0.3 is 15.2 Å². The normalized spacial score (nSPS) is 10.4. The molecular formula is C11H20N4O2S. The van der Waals surface area contributed by atoms with Gasteiger partial charge in [0.15, 0.2) is 5.16 Å². The summed E-state index contributed by atoms with van der Waals surface area (Å²) in [5.74, 6) is 1.31. The molecule has 0 aliphatic rings. The Balaban J connectivity index is 2.70. The second kappa shape index (κ2) is 8.93. The highest BCUT2D eigenvalue weighted by molar-refractivity contribution is 7.99. The van der Waals surface area contributed by atoms with Gasteiger partial charge in [-0.05, 0) is 19.8 Å². The average molecular weight is 272 g/mol. The van der Waals surface area contributed by atoms with Gasteiger partial charge >= 0.3 is 6.01 Å². The summed E-state index contributed by atoms with van der Waals surface area (Å²) in [5, 5.41) is 12.4. The second-order valence-electron chi connectivity index (χ2n) is 3.53. The number of aromatic nitrogens is 3. The van der Waals surface area contributed by atoms with Crippen molar-refractivity contribution >= 4 is 17.7 Å². The lowest BCUT2D eigenvalue weighted by atomic mass is 10.5. The summed E-state index contributed by atoms with van der Waals surface area (Å²) < 4.78 is 5.42. The van der Waals surface area contributed by atoms with E-state index in [2.05, 4.69) is 20.3 Å². The number of anilines is 1. The maximum atomic E-state index is 8.75. The summed E-state index contributed by atoms with van der Waals surface area (Å²) in [6, 6.07) is 0.356. The Labute approximate surface area is 112 Å². The number of hydrogen-bond donors (Lipinski definition) is 2. The average Bonchev–Trinajstić information content (AvgIpc) is 2.37. The van der Waals surface area contributed by atoms with Crippen molar-refractivity contribution in [3.63, 3.8) is 0 Å². The number of aliphatic hydroxyl groups excluding tert-OH is 1. The predicted molar refractivity (Wildman–Crippen MR) is 72.2 cm³/mol. The summed E-state index contributed by atoms with van der Waals surface area (Å²) in [7, 11) is 0. The molecule has 0 aliphatic carbocycles. The van der Waals surface area contributed by atoms with Crippen LogP contribution in [0.2, 0.25) is 0 Å². The van der Waals surface area contributed by atoms with Gasteiger partial charge in [0.25, 0.3) is 0 Å². The highest BCUT2D eigenvalue weighted by Gasteiger charge is 2.07. The Morgan fingerprint density at radius 1 is 1.28 bits per heavy atom. The summed E-state index contributed by atoms with van der Waals surface area (Å²) in [5.41, 5.74) is 0. The van der Waals surface area contributed by atoms with Crippen LogP contribution in [0.3, 0.4) is 0 Å². The van der Waals surface area contributed by atoms with Crippen molar-refractivity contribution in [1.29, 1.82) is 0 Å². The fourth-order valence-electron chi connectivity index (χ4n) is 1.13. The summed E-state index contributed by atoms with van der Waals surface area (Å²) in [6.07, 6.45) is 1.63. The molecule has 1 aromatic rings. The molecule has 2 N–H and O–H groups in total. The lowest BCUT2D eigenvalue weighted by molar-refractivity contribution is 0.288. The molecule has 0 aliphatic heterocycles. The third-order valence-electron chi connectivity index (χ3n) is 1.90. The lowest BCUT2D eigenvalue weighted by Crippen LogP contribution is -2.08. The van der Waals surface area contributed by atoms with Crippen LogP contribution in [0.25, 0.3) is 0 Å². The van der Waals surface area contributed by atoms with Gasteiger partial charge in [-0.15, -0.1) is 0 Å². The van der Waals surface area contributed by atoms with Crippen molar-refractivity contribution in [3.05, 3.63) is 0 Å². The Morgan fingerprint density at radius 2 is 2.11 bits per heavy atom. The van der Waals surface area contributed by atoms with E-state index in [0.717, 1.165) is 25.1 Å². The van der Waals surface area contributed by atoms with Gasteiger partial charge in [0.1, 0.15) is 0 Å². The van der Waals surface area contributed by atoms with Gasteiger partial charge in [-0.1, -0.05) is 18.7 Å². The van der Waals surface area contributed by atoms with Crippen molar-refractivity contribution in [2.75, 3.05) is 30.8 Å². The maximum Gasteiger partial charge on any atom is 0.322 e. The summed E-state index contributed by atoms with van der Waals surface area (Å²) >= 11 is 1.49. The topological polar surface area (TPSA) is 80.2 Å². The Hall–Kier alpha value is -1.08. The monoisotopic (exact) mass is 272 g/mol. The smallest absolute Gasteiger partial charge is 0.322 e. The number of nitrogens with zero attached hydrogens (tertiary/aromatic N) is 3. The standard InChI is InChI=1S/C11H20N4O2S/c1-3-7-17-10-13-9(12-4-2)14-11(15-10)18-8-5-6-16/h16H,3-8H2,1-2H3,(H,12,13,14,15). The molecule has 0 saturated heterocycles. The van der Waals surface area contributed by atoms with Gasteiger partial charge in [-0.3, -0.25) is 0 Å². The molecule has 1 aromatic heterocycles. The predicted octanol–water partition coefficient (Wildman–Crippen LogP) is 1.57. The zero-order valence-electron chi connectivity index (χ0n) is 10.8. The molecule has 0 unspecified atom stereocenters. The van der Waals surface area contributed by atoms with Gasteiger partial charge in [0.2, 0.25) is 5.95 Å². The van der Waals surface area contributed by atoms with E-state index in [1.165, 1.54) is 11.8 Å².